The monoisotopic (exact) mass is 251 g/mol. The Kier molecular flexibility index (Phi) is 4.55. The van der Waals surface area contributed by atoms with Crippen molar-refractivity contribution in [3.8, 4) is 11.5 Å². The molecule has 0 radical (unpaired) electrons. The SMILES string of the molecule is COCCNCC(=O)c1ccc2c(c1)OCCO2. The van der Waals surface area contributed by atoms with Gasteiger partial charge < -0.3 is 19.5 Å². The number of fused-ring (bicyclic) bond motifs is 1. The quantitative estimate of drug-likeness (QED) is 0.600. The van der Waals surface area contributed by atoms with Crippen LogP contribution in [0.3, 0.4) is 0 Å². The summed E-state index contributed by atoms with van der Waals surface area (Å²) >= 11 is 0. The van der Waals surface area contributed by atoms with E-state index in [0.29, 0.717) is 50.0 Å². The number of carbonyl (C=O) groups excluding carboxylic acids is 1. The number of Topliss-reactive ketones (excluding diaryl/α,β-unsaturated/α-hetero) is 1. The summed E-state index contributed by atoms with van der Waals surface area (Å²) in [7, 11) is 1.63. The summed E-state index contributed by atoms with van der Waals surface area (Å²) in [6, 6.07) is 5.26. The van der Waals surface area contributed by atoms with Crippen molar-refractivity contribution in [2.45, 2.75) is 0 Å². The van der Waals surface area contributed by atoms with Crippen LogP contribution < -0.4 is 14.8 Å². The van der Waals surface area contributed by atoms with Crippen LogP contribution >= 0.6 is 0 Å². The Morgan fingerprint density at radius 2 is 2.11 bits per heavy atom. The fourth-order valence-electron chi connectivity index (χ4n) is 1.70. The van der Waals surface area contributed by atoms with Gasteiger partial charge in [0.1, 0.15) is 13.2 Å². The zero-order valence-electron chi connectivity index (χ0n) is 10.4. The predicted molar refractivity (Wildman–Crippen MR) is 66.5 cm³/mol. The molecule has 1 aromatic carbocycles. The molecule has 1 aromatic rings. The number of benzene rings is 1. The minimum Gasteiger partial charge on any atom is -0.486 e. The summed E-state index contributed by atoms with van der Waals surface area (Å²) in [5.41, 5.74) is 0.629. The molecule has 1 aliphatic rings. The van der Waals surface area contributed by atoms with Crippen LogP contribution in [0, 0.1) is 0 Å². The molecule has 1 heterocycles. The first-order valence-electron chi connectivity index (χ1n) is 5.94. The van der Waals surface area contributed by atoms with Crippen molar-refractivity contribution in [1.82, 2.24) is 5.32 Å². The van der Waals surface area contributed by atoms with Gasteiger partial charge in [-0.2, -0.15) is 0 Å². The molecule has 0 spiro atoms. The third-order valence-corrected chi connectivity index (χ3v) is 2.63. The summed E-state index contributed by atoms with van der Waals surface area (Å²) in [4.78, 5) is 11.9. The van der Waals surface area contributed by atoms with Crippen molar-refractivity contribution in [3.63, 3.8) is 0 Å². The second kappa shape index (κ2) is 6.37. The van der Waals surface area contributed by atoms with Crippen molar-refractivity contribution in [2.75, 3.05) is 40.0 Å². The molecule has 0 atom stereocenters. The van der Waals surface area contributed by atoms with Gasteiger partial charge in [0.15, 0.2) is 17.3 Å². The molecule has 0 saturated carbocycles. The second-order valence-corrected chi connectivity index (χ2v) is 3.95. The van der Waals surface area contributed by atoms with Crippen molar-refractivity contribution in [2.24, 2.45) is 0 Å². The Morgan fingerprint density at radius 1 is 1.33 bits per heavy atom. The van der Waals surface area contributed by atoms with Crippen molar-refractivity contribution < 1.29 is 19.0 Å². The first-order valence-corrected chi connectivity index (χ1v) is 5.94. The van der Waals surface area contributed by atoms with E-state index in [1.54, 1.807) is 25.3 Å². The molecule has 98 valence electrons. The van der Waals surface area contributed by atoms with Gasteiger partial charge in [0, 0.05) is 19.2 Å². The lowest BCUT2D eigenvalue weighted by molar-refractivity contribution is 0.0986. The van der Waals surface area contributed by atoms with Crippen molar-refractivity contribution in [1.29, 1.82) is 0 Å². The lowest BCUT2D eigenvalue weighted by Gasteiger charge is -2.18. The maximum atomic E-state index is 11.9. The Morgan fingerprint density at radius 3 is 2.89 bits per heavy atom. The number of rotatable bonds is 6. The summed E-state index contributed by atoms with van der Waals surface area (Å²) in [5, 5.41) is 3.02. The van der Waals surface area contributed by atoms with Gasteiger partial charge in [-0.05, 0) is 18.2 Å². The van der Waals surface area contributed by atoms with Crippen molar-refractivity contribution >= 4 is 5.78 Å². The number of hydrogen-bond donors (Lipinski definition) is 1. The lowest BCUT2D eigenvalue weighted by Crippen LogP contribution is -2.26. The molecule has 0 bridgehead atoms. The Labute approximate surface area is 106 Å². The van der Waals surface area contributed by atoms with E-state index in [4.69, 9.17) is 14.2 Å². The smallest absolute Gasteiger partial charge is 0.176 e. The van der Waals surface area contributed by atoms with E-state index in [2.05, 4.69) is 5.32 Å². The maximum Gasteiger partial charge on any atom is 0.176 e. The highest BCUT2D eigenvalue weighted by Gasteiger charge is 2.14. The average Bonchev–Trinajstić information content (AvgIpc) is 2.43. The zero-order valence-corrected chi connectivity index (χ0v) is 10.4. The average molecular weight is 251 g/mol. The maximum absolute atomic E-state index is 11.9. The van der Waals surface area contributed by atoms with Gasteiger partial charge in [0.2, 0.25) is 0 Å². The third kappa shape index (κ3) is 3.21. The first kappa shape index (κ1) is 12.9. The summed E-state index contributed by atoms with van der Waals surface area (Å²) in [6.07, 6.45) is 0. The topological polar surface area (TPSA) is 56.8 Å². The fraction of sp³-hybridized carbons (Fsp3) is 0.462. The van der Waals surface area contributed by atoms with Crippen LogP contribution in [0.25, 0.3) is 0 Å². The molecule has 1 N–H and O–H groups in total. The van der Waals surface area contributed by atoms with E-state index >= 15 is 0 Å². The van der Waals surface area contributed by atoms with Crippen LogP contribution in [0.15, 0.2) is 18.2 Å². The van der Waals surface area contributed by atoms with Crippen LogP contribution in [0.1, 0.15) is 10.4 Å². The van der Waals surface area contributed by atoms with Crippen LogP contribution in [-0.4, -0.2) is 45.8 Å². The van der Waals surface area contributed by atoms with Crippen molar-refractivity contribution in [3.05, 3.63) is 23.8 Å². The van der Waals surface area contributed by atoms with Crippen LogP contribution in [0.4, 0.5) is 0 Å². The highest BCUT2D eigenvalue weighted by Crippen LogP contribution is 2.30. The largest absolute Gasteiger partial charge is 0.486 e. The number of hydrogen-bond acceptors (Lipinski definition) is 5. The number of nitrogens with one attached hydrogen (secondary N) is 1. The van der Waals surface area contributed by atoms with E-state index in [0.717, 1.165) is 0 Å². The van der Waals surface area contributed by atoms with E-state index in [-0.39, 0.29) is 5.78 Å². The van der Waals surface area contributed by atoms with Crippen LogP contribution in [0.5, 0.6) is 11.5 Å². The molecule has 2 rings (SSSR count). The standard InChI is InChI=1S/C13H17NO4/c1-16-5-4-14-9-11(15)10-2-3-12-13(8-10)18-7-6-17-12/h2-3,8,14H,4-7,9H2,1H3. The molecule has 0 aromatic heterocycles. The van der Waals surface area contributed by atoms with Gasteiger partial charge in [-0.15, -0.1) is 0 Å². The number of carbonyl (C=O) groups is 1. The minimum atomic E-state index is 0.0306. The minimum absolute atomic E-state index is 0.0306. The fourth-order valence-corrected chi connectivity index (χ4v) is 1.70. The van der Waals surface area contributed by atoms with Gasteiger partial charge in [-0.3, -0.25) is 4.79 Å². The number of ether oxygens (including phenoxy) is 3. The molecular formula is C13H17NO4. The Bertz CT molecular complexity index is 419. The molecular weight excluding hydrogens is 234 g/mol. The van der Waals surface area contributed by atoms with E-state index in [1.807, 2.05) is 0 Å². The molecule has 5 heteroatoms. The Balaban J connectivity index is 1.94. The van der Waals surface area contributed by atoms with Gasteiger partial charge in [-0.25, -0.2) is 0 Å². The Hall–Kier alpha value is -1.59. The molecule has 18 heavy (non-hydrogen) atoms. The predicted octanol–water partition coefficient (Wildman–Crippen LogP) is 0.876. The van der Waals surface area contributed by atoms with Crippen LogP contribution in [0.2, 0.25) is 0 Å². The van der Waals surface area contributed by atoms with E-state index in [1.165, 1.54) is 0 Å². The third-order valence-electron chi connectivity index (χ3n) is 2.63. The second-order valence-electron chi connectivity index (χ2n) is 3.95. The molecule has 5 nitrogen and oxygen atoms in total. The molecule has 1 aliphatic heterocycles. The summed E-state index contributed by atoms with van der Waals surface area (Å²) < 4.78 is 15.7. The highest BCUT2D eigenvalue weighted by molar-refractivity contribution is 5.98. The first-order chi connectivity index (χ1) is 8.81. The number of ketones is 1. The number of methoxy groups -OCH3 is 1. The van der Waals surface area contributed by atoms with Gasteiger partial charge in [-0.1, -0.05) is 0 Å². The van der Waals surface area contributed by atoms with Gasteiger partial charge in [0.25, 0.3) is 0 Å². The normalized spacial score (nSPS) is 13.4. The molecule has 0 aliphatic carbocycles. The summed E-state index contributed by atoms with van der Waals surface area (Å²) in [6.45, 7) is 2.62. The molecule has 0 unspecified atom stereocenters. The van der Waals surface area contributed by atoms with Crippen LogP contribution in [-0.2, 0) is 4.74 Å². The zero-order chi connectivity index (χ0) is 12.8. The van der Waals surface area contributed by atoms with E-state index < -0.39 is 0 Å². The van der Waals surface area contributed by atoms with Gasteiger partial charge >= 0.3 is 0 Å². The lowest BCUT2D eigenvalue weighted by atomic mass is 10.1. The molecule has 0 amide bonds. The molecule has 0 fully saturated rings. The highest BCUT2D eigenvalue weighted by atomic mass is 16.6. The summed E-state index contributed by atoms with van der Waals surface area (Å²) in [5.74, 6) is 1.37. The van der Waals surface area contributed by atoms with Gasteiger partial charge in [0.05, 0.1) is 13.2 Å². The molecule has 0 saturated heterocycles. The van der Waals surface area contributed by atoms with E-state index in [9.17, 15) is 4.79 Å².